The highest BCUT2D eigenvalue weighted by Crippen LogP contribution is 2.23. The predicted octanol–water partition coefficient (Wildman–Crippen LogP) is 3.06. The smallest absolute Gasteiger partial charge is 0.273 e. The second-order valence-corrected chi connectivity index (χ2v) is 8.34. The highest BCUT2D eigenvalue weighted by molar-refractivity contribution is 7.07. The van der Waals surface area contributed by atoms with Crippen LogP contribution in [0.3, 0.4) is 0 Å². The maximum Gasteiger partial charge on any atom is 0.273 e. The summed E-state index contributed by atoms with van der Waals surface area (Å²) >= 11 is 1.08. The van der Waals surface area contributed by atoms with E-state index in [1.807, 2.05) is 24.3 Å². The molecule has 4 aromatic rings. The van der Waals surface area contributed by atoms with Gasteiger partial charge in [0.2, 0.25) is 0 Å². The number of para-hydroxylation sites is 3. The standard InChI is InChI=1S/C27H21N3O4S/c1-33-20-14-12-18(13-15-20)16-24-26(32)30(19-8-4-3-5-9-19)27(35-24)21(17-28)25(31)29-22-10-6-7-11-23(22)34-2/h3-16H,1-2H3,(H,29,31). The highest BCUT2D eigenvalue weighted by atomic mass is 32.1. The van der Waals surface area contributed by atoms with Crippen LogP contribution in [0.25, 0.3) is 17.3 Å². The fourth-order valence-corrected chi connectivity index (χ4v) is 4.54. The minimum atomic E-state index is -0.640. The predicted molar refractivity (Wildman–Crippen MR) is 136 cm³/mol. The molecule has 1 N–H and O–H groups in total. The van der Waals surface area contributed by atoms with Crippen molar-refractivity contribution in [3.63, 3.8) is 0 Å². The summed E-state index contributed by atoms with van der Waals surface area (Å²) in [5, 5.41) is 12.7. The Hall–Kier alpha value is -4.61. The summed E-state index contributed by atoms with van der Waals surface area (Å²) in [6.07, 6.45) is 1.72. The molecule has 0 aliphatic heterocycles. The Morgan fingerprint density at radius 3 is 2.31 bits per heavy atom. The molecule has 8 heteroatoms. The quantitative estimate of drug-likeness (QED) is 0.455. The molecule has 35 heavy (non-hydrogen) atoms. The molecule has 4 rings (SSSR count). The van der Waals surface area contributed by atoms with E-state index in [9.17, 15) is 14.9 Å². The van der Waals surface area contributed by atoms with Crippen molar-refractivity contribution in [3.05, 3.63) is 104 Å². The Morgan fingerprint density at radius 2 is 1.66 bits per heavy atom. The molecule has 0 aliphatic rings. The number of benzene rings is 3. The van der Waals surface area contributed by atoms with E-state index in [0.29, 0.717) is 27.4 Å². The van der Waals surface area contributed by atoms with Crippen molar-refractivity contribution in [2.24, 2.45) is 0 Å². The van der Waals surface area contributed by atoms with E-state index in [1.54, 1.807) is 73.8 Å². The molecule has 0 radical (unpaired) electrons. The summed E-state index contributed by atoms with van der Waals surface area (Å²) in [5.41, 5.74) is 1.24. The SMILES string of the molecule is COc1ccc(C=c2sc(=C(C#N)C(=O)Nc3ccccc3OC)n(-c3ccccc3)c2=O)cc1. The second kappa shape index (κ2) is 10.5. The first-order chi connectivity index (χ1) is 17.0. The minimum absolute atomic E-state index is 0.184. The van der Waals surface area contributed by atoms with Gasteiger partial charge in [-0.1, -0.05) is 42.5 Å². The van der Waals surface area contributed by atoms with Gasteiger partial charge < -0.3 is 14.8 Å². The van der Waals surface area contributed by atoms with Crippen molar-refractivity contribution < 1.29 is 14.3 Å². The molecule has 1 heterocycles. The van der Waals surface area contributed by atoms with Crippen molar-refractivity contribution in [1.82, 2.24) is 4.57 Å². The first kappa shape index (κ1) is 23.5. The Kier molecular flexibility index (Phi) is 7.10. The summed E-state index contributed by atoms with van der Waals surface area (Å²) in [4.78, 5) is 26.6. The number of hydrogen-bond acceptors (Lipinski definition) is 6. The van der Waals surface area contributed by atoms with E-state index < -0.39 is 5.91 Å². The number of hydrogen-bond donors (Lipinski definition) is 1. The molecule has 0 saturated carbocycles. The van der Waals surface area contributed by atoms with E-state index in [0.717, 1.165) is 16.9 Å². The van der Waals surface area contributed by atoms with Crippen LogP contribution in [-0.2, 0) is 4.79 Å². The summed E-state index contributed by atoms with van der Waals surface area (Å²) in [6, 6.07) is 25.0. The van der Waals surface area contributed by atoms with Crippen molar-refractivity contribution in [1.29, 1.82) is 5.26 Å². The molecule has 0 bridgehead atoms. The zero-order valence-electron chi connectivity index (χ0n) is 19.0. The molecule has 3 aromatic carbocycles. The van der Waals surface area contributed by atoms with Gasteiger partial charge in [-0.2, -0.15) is 5.26 Å². The van der Waals surface area contributed by atoms with Crippen LogP contribution in [0.5, 0.6) is 11.5 Å². The Morgan fingerprint density at radius 1 is 0.971 bits per heavy atom. The van der Waals surface area contributed by atoms with E-state index >= 15 is 0 Å². The number of nitriles is 1. The number of anilines is 1. The van der Waals surface area contributed by atoms with Gasteiger partial charge in [0.25, 0.3) is 11.5 Å². The molecule has 0 atom stereocenters. The van der Waals surface area contributed by atoms with Gasteiger partial charge in [-0.15, -0.1) is 11.3 Å². The number of amides is 1. The minimum Gasteiger partial charge on any atom is -0.497 e. The zero-order chi connectivity index (χ0) is 24.8. The molecule has 1 amide bonds. The van der Waals surface area contributed by atoms with Crippen LogP contribution in [0, 0.1) is 11.3 Å². The maximum absolute atomic E-state index is 13.5. The van der Waals surface area contributed by atoms with Gasteiger partial charge in [0, 0.05) is 0 Å². The highest BCUT2D eigenvalue weighted by Gasteiger charge is 2.18. The molecular weight excluding hydrogens is 462 g/mol. The summed E-state index contributed by atoms with van der Waals surface area (Å²) < 4.78 is 12.5. The number of carbonyl (C=O) groups excluding carboxylic acids is 1. The third-order valence-electron chi connectivity index (χ3n) is 5.16. The summed E-state index contributed by atoms with van der Waals surface area (Å²) in [6.45, 7) is 0. The number of thiazole rings is 1. The number of rotatable bonds is 6. The molecule has 174 valence electrons. The molecular formula is C27H21N3O4S. The van der Waals surface area contributed by atoms with Gasteiger partial charge >= 0.3 is 0 Å². The number of nitrogens with zero attached hydrogens (tertiary/aromatic N) is 2. The van der Waals surface area contributed by atoms with Crippen molar-refractivity contribution in [2.45, 2.75) is 0 Å². The van der Waals surface area contributed by atoms with Crippen molar-refractivity contribution >= 4 is 34.6 Å². The van der Waals surface area contributed by atoms with E-state index in [1.165, 1.54) is 11.7 Å². The van der Waals surface area contributed by atoms with Crippen LogP contribution in [0.1, 0.15) is 5.56 Å². The number of nitrogens with one attached hydrogen (secondary N) is 1. The number of carbonyl (C=O) groups is 1. The lowest BCUT2D eigenvalue weighted by Crippen LogP contribution is -2.32. The maximum atomic E-state index is 13.5. The average molecular weight is 484 g/mol. The van der Waals surface area contributed by atoms with Gasteiger partial charge in [-0.25, -0.2) is 0 Å². The topological polar surface area (TPSA) is 93.3 Å². The van der Waals surface area contributed by atoms with Crippen LogP contribution in [0.2, 0.25) is 0 Å². The van der Waals surface area contributed by atoms with Crippen LogP contribution < -0.4 is 29.5 Å². The average Bonchev–Trinajstić information content (AvgIpc) is 3.21. The first-order valence-electron chi connectivity index (χ1n) is 10.6. The number of methoxy groups -OCH3 is 2. The first-order valence-corrected chi connectivity index (χ1v) is 11.4. The van der Waals surface area contributed by atoms with Gasteiger partial charge in [0.05, 0.1) is 30.1 Å². The monoisotopic (exact) mass is 483 g/mol. The third kappa shape index (κ3) is 5.00. The van der Waals surface area contributed by atoms with Gasteiger partial charge in [0.1, 0.15) is 22.2 Å². The largest absolute Gasteiger partial charge is 0.497 e. The lowest BCUT2D eigenvalue weighted by atomic mass is 10.2. The van der Waals surface area contributed by atoms with E-state index in [-0.39, 0.29) is 15.8 Å². The Bertz CT molecular complexity index is 1580. The summed E-state index contributed by atoms with van der Waals surface area (Å²) in [7, 11) is 3.08. The van der Waals surface area contributed by atoms with E-state index in [2.05, 4.69) is 5.32 Å². The lowest BCUT2D eigenvalue weighted by Gasteiger charge is -2.09. The molecule has 0 saturated heterocycles. The molecule has 7 nitrogen and oxygen atoms in total. The van der Waals surface area contributed by atoms with E-state index in [4.69, 9.17) is 9.47 Å². The van der Waals surface area contributed by atoms with Crippen LogP contribution in [0.4, 0.5) is 5.69 Å². The normalized spacial score (nSPS) is 12.0. The van der Waals surface area contributed by atoms with Crippen LogP contribution in [-0.4, -0.2) is 24.7 Å². The van der Waals surface area contributed by atoms with Gasteiger partial charge in [-0.3, -0.25) is 14.2 Å². The number of aromatic nitrogens is 1. The second-order valence-electron chi connectivity index (χ2n) is 7.31. The lowest BCUT2D eigenvalue weighted by molar-refractivity contribution is -0.111. The van der Waals surface area contributed by atoms with Gasteiger partial charge in [0.15, 0.2) is 5.57 Å². The van der Waals surface area contributed by atoms with Crippen molar-refractivity contribution in [2.75, 3.05) is 19.5 Å². The third-order valence-corrected chi connectivity index (χ3v) is 6.25. The fraction of sp³-hybridized carbons (Fsp3) is 0.0741. The van der Waals surface area contributed by atoms with Gasteiger partial charge in [-0.05, 0) is 48.0 Å². The molecule has 0 fully saturated rings. The molecule has 0 spiro atoms. The van der Waals surface area contributed by atoms with Crippen LogP contribution >= 0.6 is 11.3 Å². The Balaban J connectivity index is 1.92. The molecule has 0 aliphatic carbocycles. The zero-order valence-corrected chi connectivity index (χ0v) is 19.8. The molecule has 0 unspecified atom stereocenters. The molecule has 1 aromatic heterocycles. The van der Waals surface area contributed by atoms with Crippen molar-refractivity contribution in [3.8, 4) is 23.3 Å². The fourth-order valence-electron chi connectivity index (χ4n) is 3.44. The summed E-state index contributed by atoms with van der Waals surface area (Å²) in [5.74, 6) is 0.515. The Labute approximate surface area is 205 Å². The van der Waals surface area contributed by atoms with Crippen LogP contribution in [0.15, 0.2) is 83.7 Å². The number of ether oxygens (including phenoxy) is 2.